The van der Waals surface area contributed by atoms with Crippen molar-refractivity contribution in [2.45, 2.75) is 13.8 Å². The van der Waals surface area contributed by atoms with Crippen molar-refractivity contribution in [1.82, 2.24) is 0 Å². The van der Waals surface area contributed by atoms with Crippen LogP contribution in [0, 0.1) is 0 Å². The van der Waals surface area contributed by atoms with Gasteiger partial charge in [-0.3, -0.25) is 9.69 Å². The van der Waals surface area contributed by atoms with Gasteiger partial charge in [0.25, 0.3) is 5.91 Å². The highest BCUT2D eigenvalue weighted by Gasteiger charge is 2.33. The first-order valence-electron chi connectivity index (χ1n) is 8.46. The molecular weight excluding hydrogens is 402 g/mol. The second kappa shape index (κ2) is 8.78. The Morgan fingerprint density at radius 1 is 1.11 bits per heavy atom. The first-order chi connectivity index (χ1) is 13.0. The monoisotopic (exact) mass is 419 g/mol. The minimum atomic E-state index is -0.170. The van der Waals surface area contributed by atoms with Crippen LogP contribution in [0.1, 0.15) is 19.4 Å². The Morgan fingerprint density at radius 2 is 1.81 bits per heavy atom. The lowest BCUT2D eigenvalue weighted by Crippen LogP contribution is -2.27. The molecule has 0 N–H and O–H groups in total. The predicted octanol–water partition coefficient (Wildman–Crippen LogP) is 5.54. The highest BCUT2D eigenvalue weighted by Crippen LogP contribution is 2.38. The van der Waals surface area contributed by atoms with Crippen LogP contribution in [-0.2, 0) is 4.79 Å². The number of thioether (sulfide) groups is 1. The van der Waals surface area contributed by atoms with Gasteiger partial charge in [-0.15, -0.1) is 0 Å². The summed E-state index contributed by atoms with van der Waals surface area (Å²) in [6.45, 7) is 4.94. The molecule has 0 aliphatic carbocycles. The Morgan fingerprint density at radius 3 is 2.48 bits per heavy atom. The van der Waals surface area contributed by atoms with E-state index in [1.807, 2.05) is 38.1 Å². The van der Waals surface area contributed by atoms with E-state index in [1.165, 1.54) is 16.7 Å². The molecule has 0 bridgehead atoms. The summed E-state index contributed by atoms with van der Waals surface area (Å²) in [5.74, 6) is 1.26. The number of amides is 1. The topological polar surface area (TPSA) is 38.8 Å². The molecule has 7 heteroatoms. The maximum absolute atomic E-state index is 12.9. The second-order valence-electron chi connectivity index (χ2n) is 5.56. The molecule has 0 saturated carbocycles. The highest BCUT2D eigenvalue weighted by molar-refractivity contribution is 8.27. The van der Waals surface area contributed by atoms with Gasteiger partial charge in [-0.05, 0) is 62.4 Å². The van der Waals surface area contributed by atoms with Crippen LogP contribution in [0.2, 0.25) is 5.02 Å². The van der Waals surface area contributed by atoms with Gasteiger partial charge in [0, 0.05) is 10.6 Å². The average Bonchev–Trinajstić information content (AvgIpc) is 2.92. The molecule has 1 aliphatic heterocycles. The second-order valence-corrected chi connectivity index (χ2v) is 7.67. The van der Waals surface area contributed by atoms with Crippen LogP contribution in [0.3, 0.4) is 0 Å². The summed E-state index contributed by atoms with van der Waals surface area (Å²) in [6.07, 6.45) is 1.77. The van der Waals surface area contributed by atoms with Crippen molar-refractivity contribution in [3.05, 3.63) is 58.0 Å². The van der Waals surface area contributed by atoms with E-state index in [0.29, 0.717) is 38.9 Å². The Kier molecular flexibility index (Phi) is 6.42. The standard InChI is InChI=1S/C20H18ClNO3S2/c1-3-24-16-8-6-15(7-9-16)22-19(23)18(27-20(22)26)12-13-11-14(21)5-10-17(13)25-4-2/h5-12H,3-4H2,1-2H3/b18-12+. The first-order valence-corrected chi connectivity index (χ1v) is 10.1. The molecule has 0 spiro atoms. The van der Waals surface area contributed by atoms with Crippen molar-refractivity contribution < 1.29 is 14.3 Å². The molecule has 1 heterocycles. The number of rotatable bonds is 6. The molecule has 4 nitrogen and oxygen atoms in total. The largest absolute Gasteiger partial charge is 0.494 e. The van der Waals surface area contributed by atoms with Gasteiger partial charge in [0.15, 0.2) is 4.32 Å². The van der Waals surface area contributed by atoms with Crippen LogP contribution in [0.5, 0.6) is 11.5 Å². The quantitative estimate of drug-likeness (QED) is 0.453. The van der Waals surface area contributed by atoms with Crippen molar-refractivity contribution in [2.75, 3.05) is 18.1 Å². The van der Waals surface area contributed by atoms with E-state index in [2.05, 4.69) is 0 Å². The van der Waals surface area contributed by atoms with Crippen LogP contribution in [0.4, 0.5) is 5.69 Å². The van der Waals surface area contributed by atoms with E-state index in [0.717, 1.165) is 11.3 Å². The Hall–Kier alpha value is -2.02. The van der Waals surface area contributed by atoms with Gasteiger partial charge in [-0.25, -0.2) is 0 Å². The van der Waals surface area contributed by atoms with Crippen molar-refractivity contribution >= 4 is 57.6 Å². The van der Waals surface area contributed by atoms with Crippen molar-refractivity contribution in [3.8, 4) is 11.5 Å². The number of benzene rings is 2. The number of halogens is 1. The van der Waals surface area contributed by atoms with E-state index in [1.54, 1.807) is 24.3 Å². The van der Waals surface area contributed by atoms with E-state index in [-0.39, 0.29) is 5.91 Å². The molecule has 0 radical (unpaired) electrons. The van der Waals surface area contributed by atoms with Crippen LogP contribution in [0.25, 0.3) is 6.08 Å². The molecule has 2 aromatic carbocycles. The lowest BCUT2D eigenvalue weighted by atomic mass is 10.1. The zero-order chi connectivity index (χ0) is 19.4. The number of ether oxygens (including phenoxy) is 2. The summed E-state index contributed by atoms with van der Waals surface area (Å²) in [5, 5.41) is 0.576. The normalized spacial score (nSPS) is 15.5. The fourth-order valence-electron chi connectivity index (χ4n) is 2.61. The number of thiocarbonyl (C=S) groups is 1. The fraction of sp³-hybridized carbons (Fsp3) is 0.200. The molecule has 1 saturated heterocycles. The van der Waals surface area contributed by atoms with Gasteiger partial charge >= 0.3 is 0 Å². The van der Waals surface area contributed by atoms with Crippen LogP contribution < -0.4 is 14.4 Å². The fourth-order valence-corrected chi connectivity index (χ4v) is 4.08. The van der Waals surface area contributed by atoms with Crippen LogP contribution >= 0.6 is 35.6 Å². The molecule has 0 unspecified atom stereocenters. The van der Waals surface area contributed by atoms with Gasteiger partial charge in [-0.2, -0.15) is 0 Å². The summed E-state index contributed by atoms with van der Waals surface area (Å²) in [4.78, 5) is 15.0. The summed E-state index contributed by atoms with van der Waals surface area (Å²) in [6, 6.07) is 12.6. The SMILES string of the molecule is CCOc1ccc(N2C(=O)/C(=C\c3cc(Cl)ccc3OCC)SC2=S)cc1. The van der Waals surface area contributed by atoms with Gasteiger partial charge in [0.1, 0.15) is 11.5 Å². The molecule has 27 heavy (non-hydrogen) atoms. The van der Waals surface area contributed by atoms with Gasteiger partial charge < -0.3 is 9.47 Å². The molecule has 1 amide bonds. The lowest BCUT2D eigenvalue weighted by molar-refractivity contribution is -0.113. The average molecular weight is 420 g/mol. The summed E-state index contributed by atoms with van der Waals surface area (Å²) < 4.78 is 11.6. The first kappa shape index (κ1) is 19.7. The minimum absolute atomic E-state index is 0.170. The molecule has 2 aromatic rings. The molecule has 1 fully saturated rings. The number of carbonyl (C=O) groups excluding carboxylic acids is 1. The van der Waals surface area contributed by atoms with Crippen LogP contribution in [0.15, 0.2) is 47.4 Å². The van der Waals surface area contributed by atoms with Crippen LogP contribution in [-0.4, -0.2) is 23.4 Å². The molecule has 0 atom stereocenters. The number of carbonyl (C=O) groups is 1. The van der Waals surface area contributed by atoms with E-state index in [4.69, 9.17) is 33.3 Å². The summed E-state index contributed by atoms with van der Waals surface area (Å²) in [7, 11) is 0. The van der Waals surface area contributed by atoms with E-state index in [9.17, 15) is 4.79 Å². The zero-order valence-corrected chi connectivity index (χ0v) is 17.3. The third kappa shape index (κ3) is 4.46. The van der Waals surface area contributed by atoms with Crippen molar-refractivity contribution in [2.24, 2.45) is 0 Å². The number of anilines is 1. The smallest absolute Gasteiger partial charge is 0.270 e. The van der Waals surface area contributed by atoms with Crippen molar-refractivity contribution in [3.63, 3.8) is 0 Å². The molecule has 140 valence electrons. The molecule has 1 aliphatic rings. The predicted molar refractivity (Wildman–Crippen MR) is 116 cm³/mol. The van der Waals surface area contributed by atoms with Gasteiger partial charge in [0.2, 0.25) is 0 Å². The zero-order valence-electron chi connectivity index (χ0n) is 14.9. The maximum Gasteiger partial charge on any atom is 0.270 e. The number of hydrogen-bond acceptors (Lipinski definition) is 5. The maximum atomic E-state index is 12.9. The summed E-state index contributed by atoms with van der Waals surface area (Å²) in [5.41, 5.74) is 1.46. The summed E-state index contributed by atoms with van der Waals surface area (Å²) >= 11 is 12.8. The van der Waals surface area contributed by atoms with E-state index >= 15 is 0 Å². The molecular formula is C20H18ClNO3S2. The Balaban J connectivity index is 1.90. The molecule has 0 aromatic heterocycles. The third-order valence-electron chi connectivity index (χ3n) is 3.76. The third-order valence-corrected chi connectivity index (χ3v) is 5.30. The Labute approximate surface area is 173 Å². The van der Waals surface area contributed by atoms with Gasteiger partial charge in [-0.1, -0.05) is 35.6 Å². The van der Waals surface area contributed by atoms with Gasteiger partial charge in [0.05, 0.1) is 23.8 Å². The number of hydrogen-bond donors (Lipinski definition) is 0. The Bertz CT molecular complexity index is 897. The highest BCUT2D eigenvalue weighted by atomic mass is 35.5. The lowest BCUT2D eigenvalue weighted by Gasteiger charge is -2.15. The van der Waals surface area contributed by atoms with E-state index < -0.39 is 0 Å². The minimum Gasteiger partial charge on any atom is -0.494 e. The molecule has 3 rings (SSSR count). The number of nitrogens with zero attached hydrogens (tertiary/aromatic N) is 1. The van der Waals surface area contributed by atoms with Crippen molar-refractivity contribution in [1.29, 1.82) is 0 Å².